The molecule has 0 atom stereocenters. The lowest BCUT2D eigenvalue weighted by Crippen LogP contribution is -2.77. The number of furan rings is 1. The summed E-state index contributed by atoms with van der Waals surface area (Å²) in [6.45, 7) is 0. The van der Waals surface area contributed by atoms with Gasteiger partial charge in [0.1, 0.15) is 34.3 Å². The molecule has 56 heavy (non-hydrogen) atoms. The van der Waals surface area contributed by atoms with E-state index in [4.69, 9.17) is 19.1 Å². The second-order valence-corrected chi connectivity index (χ2v) is 17.9. The molecule has 0 aliphatic carbocycles. The summed E-state index contributed by atoms with van der Waals surface area (Å²) in [4.78, 5) is 12.6. The summed E-state index contributed by atoms with van der Waals surface area (Å²) in [5.41, 5.74) is 6.79. The van der Waals surface area contributed by atoms with E-state index in [0.29, 0.717) is 5.75 Å². The molecule has 6 nitrogen and oxygen atoms in total. The predicted molar refractivity (Wildman–Crippen MR) is 230 cm³/mol. The minimum atomic E-state index is -3.05. The molecule has 266 valence electrons. The maximum absolute atomic E-state index is 6.96. The van der Waals surface area contributed by atoms with E-state index in [1.165, 1.54) is 15.6 Å². The van der Waals surface area contributed by atoms with Crippen molar-refractivity contribution in [3.05, 3.63) is 188 Å². The topological polar surface area (TPSA) is 56.3 Å². The number of benzene rings is 7. The van der Waals surface area contributed by atoms with Crippen LogP contribution in [-0.4, -0.2) is 22.6 Å². The van der Waals surface area contributed by atoms with E-state index in [0.717, 1.165) is 72.5 Å². The van der Waals surface area contributed by atoms with Gasteiger partial charge in [0.05, 0.1) is 16.7 Å². The summed E-state index contributed by atoms with van der Waals surface area (Å²) in [5, 5.41) is 7.01. The molecular weight excluding hydrogens is 705 g/mol. The summed E-state index contributed by atoms with van der Waals surface area (Å²) in [5.74, 6) is 3.19. The molecule has 0 radical (unpaired) electrons. The van der Waals surface area contributed by atoms with Crippen molar-refractivity contribution in [1.82, 2.24) is 14.5 Å². The molecule has 0 N–H and O–H groups in total. The van der Waals surface area contributed by atoms with Gasteiger partial charge in [-0.25, -0.2) is 9.97 Å². The second kappa shape index (κ2) is 12.7. The van der Waals surface area contributed by atoms with Gasteiger partial charge in [-0.15, -0.1) is 0 Å². The number of aromatic nitrogens is 3. The highest BCUT2D eigenvalue weighted by atomic mass is 28.3. The van der Waals surface area contributed by atoms with E-state index in [-0.39, 0.29) is 0 Å². The van der Waals surface area contributed by atoms with Crippen molar-refractivity contribution in [3.8, 4) is 22.9 Å². The molecule has 1 aliphatic heterocycles. The van der Waals surface area contributed by atoms with E-state index in [2.05, 4.69) is 156 Å². The van der Waals surface area contributed by atoms with Crippen molar-refractivity contribution in [1.29, 1.82) is 0 Å². The Bertz CT molecular complexity index is 3060. The summed E-state index contributed by atoms with van der Waals surface area (Å²) < 4.78 is 15.7. The molecule has 0 saturated heterocycles. The third-order valence-corrected chi connectivity index (χ3v) is 16.0. The fraction of sp³-hybridized carbons (Fsp3) is 0.0204. The van der Waals surface area contributed by atoms with E-state index in [1.54, 1.807) is 0 Å². The maximum Gasteiger partial charge on any atom is 0.191 e. The number of rotatable bonds is 6. The molecule has 11 rings (SSSR count). The van der Waals surface area contributed by atoms with Crippen molar-refractivity contribution >= 4 is 79.0 Å². The van der Waals surface area contributed by atoms with Crippen LogP contribution in [0.1, 0.15) is 0 Å². The quantitative estimate of drug-likeness (QED) is 0.159. The van der Waals surface area contributed by atoms with E-state index in [9.17, 15) is 0 Å². The average Bonchev–Trinajstić information content (AvgIpc) is 3.81. The third-order valence-electron chi connectivity index (χ3n) is 11.1. The number of imidazole rings is 1. The van der Waals surface area contributed by atoms with Crippen LogP contribution >= 0.6 is 0 Å². The van der Waals surface area contributed by atoms with Crippen molar-refractivity contribution in [2.75, 3.05) is 4.90 Å². The number of hydrogen-bond donors (Lipinski definition) is 0. The standard InChI is InChI=1S/C49H34N4O2Si/c1-52-42-26-10-9-25-41(42)51-48(52)33-16-14-18-35(30-33)54-36-19-15-17-34(31-36)53-43-27-11-13-29-45(43)56(37-20-4-2-5-21-37,38-22-6-3-7-23-38)47-46-40(32-50-49(47)53)39-24-8-12-28-44(39)55-46/h2-32H,1H3. The van der Waals surface area contributed by atoms with Crippen molar-refractivity contribution in [3.63, 3.8) is 0 Å². The van der Waals surface area contributed by atoms with Crippen LogP contribution in [0.3, 0.4) is 0 Å². The van der Waals surface area contributed by atoms with Crippen LogP contribution in [0.4, 0.5) is 17.2 Å². The minimum Gasteiger partial charge on any atom is -0.457 e. The number of pyridine rings is 1. The monoisotopic (exact) mass is 738 g/mol. The molecule has 3 aromatic heterocycles. The number of hydrogen-bond acceptors (Lipinski definition) is 5. The highest BCUT2D eigenvalue weighted by Crippen LogP contribution is 2.42. The largest absolute Gasteiger partial charge is 0.457 e. The van der Waals surface area contributed by atoms with Crippen molar-refractivity contribution in [2.24, 2.45) is 7.05 Å². The zero-order valence-corrected chi connectivity index (χ0v) is 31.5. The smallest absolute Gasteiger partial charge is 0.191 e. The summed E-state index contributed by atoms with van der Waals surface area (Å²) in [6, 6.07) is 63.7. The summed E-state index contributed by atoms with van der Waals surface area (Å²) in [7, 11) is -0.994. The molecule has 0 fully saturated rings. The zero-order chi connectivity index (χ0) is 37.2. The highest BCUT2D eigenvalue weighted by Gasteiger charge is 2.51. The van der Waals surface area contributed by atoms with E-state index in [1.807, 2.05) is 48.7 Å². The van der Waals surface area contributed by atoms with Gasteiger partial charge in [0.2, 0.25) is 0 Å². The lowest BCUT2D eigenvalue weighted by atomic mass is 10.1. The molecule has 0 unspecified atom stereocenters. The van der Waals surface area contributed by atoms with Gasteiger partial charge >= 0.3 is 0 Å². The number of nitrogens with zero attached hydrogens (tertiary/aromatic N) is 4. The highest BCUT2D eigenvalue weighted by molar-refractivity contribution is 7.22. The molecule has 0 bridgehead atoms. The first-order chi connectivity index (χ1) is 27.7. The Hall–Kier alpha value is -7.22. The Morgan fingerprint density at radius 1 is 0.607 bits per heavy atom. The normalized spacial score (nSPS) is 13.2. The minimum absolute atomic E-state index is 0.716. The van der Waals surface area contributed by atoms with Gasteiger partial charge in [0, 0.05) is 46.5 Å². The van der Waals surface area contributed by atoms with E-state index < -0.39 is 8.07 Å². The van der Waals surface area contributed by atoms with Crippen molar-refractivity contribution < 1.29 is 9.15 Å². The van der Waals surface area contributed by atoms with Crippen LogP contribution in [0.2, 0.25) is 0 Å². The summed E-state index contributed by atoms with van der Waals surface area (Å²) >= 11 is 0. The van der Waals surface area contributed by atoms with E-state index >= 15 is 0 Å². The molecule has 0 saturated carbocycles. The van der Waals surface area contributed by atoms with Gasteiger partial charge in [0.25, 0.3) is 0 Å². The van der Waals surface area contributed by atoms with Gasteiger partial charge in [-0.3, -0.25) is 4.90 Å². The Morgan fingerprint density at radius 3 is 2.09 bits per heavy atom. The third kappa shape index (κ3) is 4.81. The maximum atomic E-state index is 6.96. The Balaban J connectivity index is 1.11. The molecule has 4 heterocycles. The SMILES string of the molecule is Cn1c(-c2cccc(Oc3cccc(N4c5ccccc5[Si](c5ccccc5)(c5ccccc5)c5c4ncc4c5oc5ccccc54)c3)c2)nc2ccccc21. The second-order valence-electron chi connectivity index (χ2n) is 14.2. The lowest BCUT2D eigenvalue weighted by molar-refractivity contribution is 0.483. The van der Waals surface area contributed by atoms with Crippen molar-refractivity contribution in [2.45, 2.75) is 0 Å². The first-order valence-corrected chi connectivity index (χ1v) is 20.8. The zero-order valence-electron chi connectivity index (χ0n) is 30.5. The average molecular weight is 739 g/mol. The predicted octanol–water partition coefficient (Wildman–Crippen LogP) is 9.49. The van der Waals surface area contributed by atoms with Gasteiger partial charge in [-0.2, -0.15) is 0 Å². The van der Waals surface area contributed by atoms with Crippen LogP contribution in [-0.2, 0) is 7.05 Å². The van der Waals surface area contributed by atoms with Crippen LogP contribution in [0.25, 0.3) is 44.4 Å². The Morgan fingerprint density at radius 2 is 1.29 bits per heavy atom. The number of anilines is 3. The van der Waals surface area contributed by atoms with Crippen LogP contribution < -0.4 is 30.4 Å². The van der Waals surface area contributed by atoms with Crippen LogP contribution in [0, 0.1) is 0 Å². The molecule has 7 aromatic carbocycles. The Kier molecular flexibility index (Phi) is 7.30. The number of fused-ring (bicyclic) bond motifs is 7. The fourth-order valence-electron chi connectivity index (χ4n) is 8.74. The number of para-hydroxylation sites is 4. The first-order valence-electron chi connectivity index (χ1n) is 18.8. The summed E-state index contributed by atoms with van der Waals surface area (Å²) in [6.07, 6.45) is 1.99. The number of ether oxygens (including phenoxy) is 1. The van der Waals surface area contributed by atoms with Gasteiger partial charge in [0.15, 0.2) is 8.07 Å². The lowest BCUT2D eigenvalue weighted by Gasteiger charge is -2.44. The molecular formula is C49H34N4O2Si. The molecule has 7 heteroatoms. The van der Waals surface area contributed by atoms with Gasteiger partial charge in [-0.1, -0.05) is 127 Å². The first kappa shape index (κ1) is 32.2. The van der Waals surface area contributed by atoms with Crippen LogP contribution in [0.15, 0.2) is 193 Å². The van der Waals surface area contributed by atoms with Gasteiger partial charge < -0.3 is 13.7 Å². The molecule has 0 amide bonds. The fourth-order valence-corrected chi connectivity index (χ4v) is 13.9. The molecule has 1 aliphatic rings. The number of aryl methyl sites for hydroxylation is 1. The van der Waals surface area contributed by atoms with Crippen LogP contribution in [0.5, 0.6) is 11.5 Å². The molecule has 10 aromatic rings. The molecule has 0 spiro atoms. The Labute approximate surface area is 324 Å². The van der Waals surface area contributed by atoms with Gasteiger partial charge in [-0.05, 0) is 64.1 Å².